The highest BCUT2D eigenvalue weighted by Crippen LogP contribution is 2.30. The van der Waals surface area contributed by atoms with Gasteiger partial charge in [0.1, 0.15) is 5.75 Å². The molecule has 0 unspecified atom stereocenters. The molecule has 0 bridgehead atoms. The monoisotopic (exact) mass is 416 g/mol. The fraction of sp³-hybridized carbons (Fsp3) is 0.353. The van der Waals surface area contributed by atoms with Gasteiger partial charge in [-0.15, -0.1) is 11.3 Å². The first-order valence-corrected chi connectivity index (χ1v) is 9.76. The average molecular weight is 416 g/mol. The maximum absolute atomic E-state index is 12.4. The minimum absolute atomic E-state index is 0.0732. The standard InChI is InChI=1S/C17H18F2N2O4S2/c1-3-24-14(22)8-11-9-26-17(20-11)27-10(2)15(23)21-12-6-4-5-7-13(12)25-16(18)19/h4-7,9-10,16H,3,8H2,1-2H3,(H,21,23)/t10-/m0/s1. The third kappa shape index (κ3) is 6.79. The lowest BCUT2D eigenvalue weighted by Crippen LogP contribution is -2.23. The molecule has 0 saturated carbocycles. The number of thiazole rings is 1. The Morgan fingerprint density at radius 3 is 2.78 bits per heavy atom. The number of benzene rings is 1. The second kappa shape index (κ2) is 10.2. The van der Waals surface area contributed by atoms with Gasteiger partial charge in [0.25, 0.3) is 0 Å². The fourth-order valence-electron chi connectivity index (χ4n) is 1.99. The number of aromatic nitrogens is 1. The summed E-state index contributed by atoms with van der Waals surface area (Å²) >= 11 is 2.52. The molecule has 10 heteroatoms. The normalized spacial score (nSPS) is 11.9. The number of amides is 1. The number of para-hydroxylation sites is 2. The first-order chi connectivity index (χ1) is 12.9. The molecule has 0 fully saturated rings. The first-order valence-electron chi connectivity index (χ1n) is 8.00. The lowest BCUT2D eigenvalue weighted by molar-refractivity contribution is -0.142. The lowest BCUT2D eigenvalue weighted by atomic mass is 10.3. The van der Waals surface area contributed by atoms with E-state index in [4.69, 9.17) is 4.74 Å². The molecule has 146 valence electrons. The van der Waals surface area contributed by atoms with Crippen LogP contribution in [0.3, 0.4) is 0 Å². The molecule has 2 aromatic rings. The maximum Gasteiger partial charge on any atom is 0.387 e. The SMILES string of the molecule is CCOC(=O)Cc1csc(S[C@@H](C)C(=O)Nc2ccccc2OC(F)F)n1. The van der Waals surface area contributed by atoms with Gasteiger partial charge in [0.15, 0.2) is 4.34 Å². The molecule has 1 atom stereocenters. The number of hydrogen-bond acceptors (Lipinski definition) is 7. The summed E-state index contributed by atoms with van der Waals surface area (Å²) in [7, 11) is 0. The van der Waals surface area contributed by atoms with Gasteiger partial charge in [0.2, 0.25) is 5.91 Å². The van der Waals surface area contributed by atoms with Gasteiger partial charge in [0.05, 0.1) is 29.7 Å². The van der Waals surface area contributed by atoms with E-state index in [0.717, 1.165) is 0 Å². The number of carbonyl (C=O) groups is 2. The Hall–Kier alpha value is -2.20. The molecular weight excluding hydrogens is 398 g/mol. The van der Waals surface area contributed by atoms with Gasteiger partial charge >= 0.3 is 12.6 Å². The van der Waals surface area contributed by atoms with Crippen LogP contribution in [0.1, 0.15) is 19.5 Å². The van der Waals surface area contributed by atoms with E-state index in [-0.39, 0.29) is 29.7 Å². The summed E-state index contributed by atoms with van der Waals surface area (Å²) in [4.78, 5) is 28.1. The van der Waals surface area contributed by atoms with Crippen molar-refractivity contribution < 1.29 is 27.8 Å². The van der Waals surface area contributed by atoms with Gasteiger partial charge in [-0.1, -0.05) is 23.9 Å². The molecule has 0 spiro atoms. The molecule has 1 N–H and O–H groups in total. The molecule has 1 aromatic carbocycles. The fourth-order valence-corrected chi connectivity index (χ4v) is 3.97. The predicted octanol–water partition coefficient (Wildman–Crippen LogP) is 3.97. The molecule has 2 rings (SSSR count). The van der Waals surface area contributed by atoms with Crippen molar-refractivity contribution in [2.75, 3.05) is 11.9 Å². The summed E-state index contributed by atoms with van der Waals surface area (Å²) in [5.41, 5.74) is 0.738. The lowest BCUT2D eigenvalue weighted by Gasteiger charge is -2.14. The highest BCUT2D eigenvalue weighted by atomic mass is 32.2. The Kier molecular flexibility index (Phi) is 7.99. The molecule has 0 aliphatic heterocycles. The van der Waals surface area contributed by atoms with Crippen LogP contribution in [-0.2, 0) is 20.7 Å². The molecule has 6 nitrogen and oxygen atoms in total. The van der Waals surface area contributed by atoms with Gasteiger partial charge in [0, 0.05) is 5.38 Å². The Morgan fingerprint density at radius 2 is 2.07 bits per heavy atom. The molecule has 0 radical (unpaired) electrons. The summed E-state index contributed by atoms with van der Waals surface area (Å²) in [6.45, 7) is 0.718. The molecule has 0 aliphatic rings. The number of nitrogens with zero attached hydrogens (tertiary/aromatic N) is 1. The van der Waals surface area contributed by atoms with E-state index in [1.54, 1.807) is 25.3 Å². The molecule has 27 heavy (non-hydrogen) atoms. The van der Waals surface area contributed by atoms with E-state index in [0.29, 0.717) is 16.6 Å². The van der Waals surface area contributed by atoms with Crippen molar-refractivity contribution in [1.29, 1.82) is 0 Å². The summed E-state index contributed by atoms with van der Waals surface area (Å²) in [5, 5.41) is 3.77. The van der Waals surface area contributed by atoms with Gasteiger partial charge in [-0.3, -0.25) is 9.59 Å². The van der Waals surface area contributed by atoms with Gasteiger partial charge < -0.3 is 14.8 Å². The topological polar surface area (TPSA) is 77.5 Å². The molecule has 0 aliphatic carbocycles. The van der Waals surface area contributed by atoms with Crippen molar-refractivity contribution in [3.8, 4) is 5.75 Å². The van der Waals surface area contributed by atoms with Crippen LogP contribution in [-0.4, -0.2) is 35.3 Å². The molecular formula is C17H18F2N2O4S2. The van der Waals surface area contributed by atoms with Crippen molar-refractivity contribution >= 4 is 40.7 Å². The van der Waals surface area contributed by atoms with Crippen molar-refractivity contribution in [3.63, 3.8) is 0 Å². The number of alkyl halides is 2. The Labute approximate surface area is 163 Å². The third-order valence-electron chi connectivity index (χ3n) is 3.17. The van der Waals surface area contributed by atoms with Crippen molar-refractivity contribution in [1.82, 2.24) is 4.98 Å². The number of esters is 1. The highest BCUT2D eigenvalue weighted by molar-refractivity contribution is 8.02. The number of ether oxygens (including phenoxy) is 2. The van der Waals surface area contributed by atoms with Gasteiger partial charge in [-0.05, 0) is 26.0 Å². The van der Waals surface area contributed by atoms with Crippen LogP contribution in [0.5, 0.6) is 5.75 Å². The third-order valence-corrected chi connectivity index (χ3v) is 5.29. The van der Waals surface area contributed by atoms with E-state index in [2.05, 4.69) is 15.0 Å². The summed E-state index contributed by atoms with van der Waals surface area (Å²) in [5.74, 6) is -0.850. The first kappa shape index (κ1) is 21.1. The zero-order valence-electron chi connectivity index (χ0n) is 14.6. The van der Waals surface area contributed by atoms with E-state index in [1.807, 2.05) is 0 Å². The van der Waals surface area contributed by atoms with Gasteiger partial charge in [-0.25, -0.2) is 4.98 Å². The summed E-state index contributed by atoms with van der Waals surface area (Å²) < 4.78 is 34.8. The van der Waals surface area contributed by atoms with E-state index < -0.39 is 11.9 Å². The van der Waals surface area contributed by atoms with Crippen LogP contribution in [0.25, 0.3) is 0 Å². The predicted molar refractivity (Wildman–Crippen MR) is 99.5 cm³/mol. The molecule has 0 saturated heterocycles. The van der Waals surface area contributed by atoms with Crippen molar-refractivity contribution in [3.05, 3.63) is 35.3 Å². The maximum atomic E-state index is 12.4. The minimum atomic E-state index is -2.98. The number of thioether (sulfide) groups is 1. The number of nitrogens with one attached hydrogen (secondary N) is 1. The van der Waals surface area contributed by atoms with Crippen molar-refractivity contribution in [2.24, 2.45) is 0 Å². The second-order valence-electron chi connectivity index (χ2n) is 5.21. The van der Waals surface area contributed by atoms with Crippen LogP contribution >= 0.6 is 23.1 Å². The number of hydrogen-bond donors (Lipinski definition) is 1. The number of halogens is 2. The zero-order chi connectivity index (χ0) is 19.8. The highest BCUT2D eigenvalue weighted by Gasteiger charge is 2.19. The Bertz CT molecular complexity index is 786. The molecule has 1 heterocycles. The summed E-state index contributed by atoms with van der Waals surface area (Å²) in [6, 6.07) is 5.97. The van der Waals surface area contributed by atoms with E-state index >= 15 is 0 Å². The minimum Gasteiger partial charge on any atom is -0.466 e. The van der Waals surface area contributed by atoms with Crippen molar-refractivity contribution in [2.45, 2.75) is 36.5 Å². The summed E-state index contributed by atoms with van der Waals surface area (Å²) in [6.07, 6.45) is 0.0732. The van der Waals surface area contributed by atoms with Crippen LogP contribution < -0.4 is 10.1 Å². The molecule has 1 aromatic heterocycles. The van der Waals surface area contributed by atoms with E-state index in [9.17, 15) is 18.4 Å². The number of anilines is 1. The Morgan fingerprint density at radius 1 is 1.33 bits per heavy atom. The molecule has 1 amide bonds. The number of carbonyl (C=O) groups excluding carboxylic acids is 2. The van der Waals surface area contributed by atoms with Crippen LogP contribution in [0.15, 0.2) is 34.0 Å². The van der Waals surface area contributed by atoms with Crippen LogP contribution in [0.2, 0.25) is 0 Å². The average Bonchev–Trinajstić information content (AvgIpc) is 3.03. The zero-order valence-corrected chi connectivity index (χ0v) is 16.2. The second-order valence-corrected chi connectivity index (χ2v) is 7.66. The van der Waals surface area contributed by atoms with Crippen LogP contribution in [0.4, 0.5) is 14.5 Å². The Balaban J connectivity index is 1.95. The number of rotatable bonds is 9. The van der Waals surface area contributed by atoms with E-state index in [1.165, 1.54) is 41.3 Å². The largest absolute Gasteiger partial charge is 0.466 e. The van der Waals surface area contributed by atoms with Crippen LogP contribution in [0, 0.1) is 0 Å². The quantitative estimate of drug-likeness (QED) is 0.492. The van der Waals surface area contributed by atoms with Gasteiger partial charge in [-0.2, -0.15) is 8.78 Å². The smallest absolute Gasteiger partial charge is 0.387 e.